The Bertz CT molecular complexity index is 493. The molecule has 0 aliphatic carbocycles. The summed E-state index contributed by atoms with van der Waals surface area (Å²) in [5.74, 6) is -0.116. The van der Waals surface area contributed by atoms with E-state index < -0.39 is 0 Å². The number of nitrogens with zero attached hydrogens (tertiary/aromatic N) is 2. The van der Waals surface area contributed by atoms with Crippen molar-refractivity contribution in [3.63, 3.8) is 0 Å². The largest absolute Gasteiger partial charge is 0.329 e. The summed E-state index contributed by atoms with van der Waals surface area (Å²) in [5.41, 5.74) is 6.97. The molecule has 0 amide bonds. The predicted molar refractivity (Wildman–Crippen MR) is 83.5 cm³/mol. The lowest BCUT2D eigenvalue weighted by Crippen LogP contribution is -2.60. The Hall–Kier alpha value is -0.970. The number of likely N-dealkylation sites (N-methyl/N-ethyl adjacent to an activating group) is 1. The second-order valence-corrected chi connectivity index (χ2v) is 6.55. The van der Waals surface area contributed by atoms with Crippen LogP contribution in [0.4, 0.5) is 4.39 Å². The van der Waals surface area contributed by atoms with Gasteiger partial charge in [0.25, 0.3) is 0 Å². The maximum absolute atomic E-state index is 13.9. The third kappa shape index (κ3) is 2.60. The van der Waals surface area contributed by atoms with E-state index in [1.165, 1.54) is 25.8 Å². The van der Waals surface area contributed by atoms with Crippen LogP contribution < -0.4 is 5.73 Å². The molecule has 2 aliphatic rings. The van der Waals surface area contributed by atoms with Crippen molar-refractivity contribution in [1.82, 2.24) is 9.80 Å². The fraction of sp³-hybridized carbons (Fsp3) is 0.647. The monoisotopic (exact) mass is 291 g/mol. The van der Waals surface area contributed by atoms with Gasteiger partial charge in [0.15, 0.2) is 0 Å². The molecule has 2 aliphatic heterocycles. The van der Waals surface area contributed by atoms with Crippen molar-refractivity contribution in [2.75, 3.05) is 26.7 Å². The third-order valence-electron chi connectivity index (χ3n) is 5.54. The quantitative estimate of drug-likeness (QED) is 0.923. The lowest BCUT2D eigenvalue weighted by Gasteiger charge is -2.46. The zero-order chi connectivity index (χ0) is 14.9. The van der Waals surface area contributed by atoms with Gasteiger partial charge < -0.3 is 5.73 Å². The average molecular weight is 291 g/mol. The van der Waals surface area contributed by atoms with E-state index >= 15 is 0 Å². The molecule has 0 bridgehead atoms. The second-order valence-electron chi connectivity index (χ2n) is 6.55. The van der Waals surface area contributed by atoms with Crippen molar-refractivity contribution in [2.45, 2.75) is 43.8 Å². The molecule has 0 aromatic heterocycles. The molecule has 2 fully saturated rings. The zero-order valence-electron chi connectivity index (χ0n) is 12.9. The van der Waals surface area contributed by atoms with Gasteiger partial charge in [-0.1, -0.05) is 24.6 Å². The number of fused-ring (bicyclic) bond motifs is 1. The van der Waals surface area contributed by atoms with E-state index in [1.54, 1.807) is 12.1 Å². The van der Waals surface area contributed by atoms with E-state index in [-0.39, 0.29) is 11.4 Å². The molecule has 4 heteroatoms. The van der Waals surface area contributed by atoms with Crippen LogP contribution in [0.5, 0.6) is 0 Å². The lowest BCUT2D eigenvalue weighted by molar-refractivity contribution is 0.0505. The van der Waals surface area contributed by atoms with E-state index in [0.29, 0.717) is 19.1 Å². The van der Waals surface area contributed by atoms with E-state index in [0.717, 1.165) is 18.5 Å². The first-order valence-electron chi connectivity index (χ1n) is 8.06. The van der Waals surface area contributed by atoms with Crippen molar-refractivity contribution in [3.8, 4) is 0 Å². The first-order chi connectivity index (χ1) is 10.2. The van der Waals surface area contributed by atoms with E-state index in [4.69, 9.17) is 5.73 Å². The standard InChI is InChI=1S/C17H26FN3/c1-20(12-14-6-2-3-7-15(14)18)17(13-19)9-11-21-10-5-4-8-16(17)21/h2-3,6-7,16H,4-5,8-13,19H2,1H3. The highest BCUT2D eigenvalue weighted by Gasteiger charge is 2.49. The summed E-state index contributed by atoms with van der Waals surface area (Å²) in [6.45, 7) is 3.61. The van der Waals surface area contributed by atoms with Gasteiger partial charge in [0.2, 0.25) is 0 Å². The minimum atomic E-state index is -0.116. The first kappa shape index (κ1) is 14.9. The number of hydrogen-bond acceptors (Lipinski definition) is 3. The summed E-state index contributed by atoms with van der Waals surface area (Å²) in [7, 11) is 2.11. The van der Waals surface area contributed by atoms with Gasteiger partial charge in [0.1, 0.15) is 5.82 Å². The second kappa shape index (κ2) is 6.03. The van der Waals surface area contributed by atoms with Crippen molar-refractivity contribution >= 4 is 0 Å². The molecule has 0 radical (unpaired) electrons. The van der Waals surface area contributed by atoms with Gasteiger partial charge >= 0.3 is 0 Å². The predicted octanol–water partition coefficient (Wildman–Crippen LogP) is 2.21. The number of hydrogen-bond donors (Lipinski definition) is 1. The summed E-state index contributed by atoms with van der Waals surface area (Å²) in [6.07, 6.45) is 4.91. The van der Waals surface area contributed by atoms with Crippen LogP contribution in [0.2, 0.25) is 0 Å². The number of nitrogens with two attached hydrogens (primary N) is 1. The minimum absolute atomic E-state index is 0.00268. The Labute approximate surface area is 126 Å². The maximum Gasteiger partial charge on any atom is 0.127 e. The van der Waals surface area contributed by atoms with Crippen LogP contribution in [0.15, 0.2) is 24.3 Å². The summed E-state index contributed by atoms with van der Waals surface area (Å²) < 4.78 is 13.9. The van der Waals surface area contributed by atoms with Gasteiger partial charge in [0, 0.05) is 36.8 Å². The fourth-order valence-corrected chi connectivity index (χ4v) is 4.25. The van der Waals surface area contributed by atoms with E-state index in [1.807, 2.05) is 12.1 Å². The number of piperidine rings is 1. The molecule has 2 atom stereocenters. The molecular weight excluding hydrogens is 265 g/mol. The molecule has 1 aromatic carbocycles. The molecular formula is C17H26FN3. The number of halogens is 1. The number of benzene rings is 1. The van der Waals surface area contributed by atoms with Gasteiger partial charge in [0.05, 0.1) is 0 Å². The van der Waals surface area contributed by atoms with Crippen LogP contribution in [0.3, 0.4) is 0 Å². The highest BCUT2D eigenvalue weighted by molar-refractivity contribution is 5.18. The summed E-state index contributed by atoms with van der Waals surface area (Å²) in [6, 6.07) is 7.61. The van der Waals surface area contributed by atoms with Crippen molar-refractivity contribution in [2.24, 2.45) is 5.73 Å². The molecule has 3 nitrogen and oxygen atoms in total. The summed E-state index contributed by atoms with van der Waals surface area (Å²) in [5, 5.41) is 0. The van der Waals surface area contributed by atoms with E-state index in [2.05, 4.69) is 16.8 Å². The fourth-order valence-electron chi connectivity index (χ4n) is 4.25. The third-order valence-corrected chi connectivity index (χ3v) is 5.54. The smallest absolute Gasteiger partial charge is 0.127 e. The van der Waals surface area contributed by atoms with Gasteiger partial charge in [-0.3, -0.25) is 9.80 Å². The molecule has 0 spiro atoms. The highest BCUT2D eigenvalue weighted by atomic mass is 19.1. The van der Waals surface area contributed by atoms with Crippen molar-refractivity contribution in [1.29, 1.82) is 0 Å². The Balaban J connectivity index is 1.81. The average Bonchev–Trinajstić information content (AvgIpc) is 2.90. The Morgan fingerprint density at radius 3 is 2.90 bits per heavy atom. The molecule has 2 heterocycles. The van der Waals surface area contributed by atoms with Crippen LogP contribution >= 0.6 is 0 Å². The van der Waals surface area contributed by atoms with E-state index in [9.17, 15) is 4.39 Å². The molecule has 3 rings (SSSR count). The van der Waals surface area contributed by atoms with Gasteiger partial charge in [-0.25, -0.2) is 4.39 Å². The van der Waals surface area contributed by atoms with Crippen LogP contribution in [0.1, 0.15) is 31.2 Å². The normalized spacial score (nSPS) is 29.8. The first-order valence-corrected chi connectivity index (χ1v) is 8.06. The molecule has 116 valence electrons. The summed E-state index contributed by atoms with van der Waals surface area (Å²) in [4.78, 5) is 4.90. The van der Waals surface area contributed by atoms with Crippen LogP contribution in [0, 0.1) is 5.82 Å². The SMILES string of the molecule is CN(Cc1ccccc1F)C1(CN)CCN2CCCCC21. The molecule has 2 N–H and O–H groups in total. The minimum Gasteiger partial charge on any atom is -0.329 e. The van der Waals surface area contributed by atoms with Crippen LogP contribution in [-0.4, -0.2) is 48.1 Å². The van der Waals surface area contributed by atoms with Gasteiger partial charge in [-0.2, -0.15) is 0 Å². The maximum atomic E-state index is 13.9. The molecule has 1 aromatic rings. The number of rotatable bonds is 4. The molecule has 2 unspecified atom stereocenters. The topological polar surface area (TPSA) is 32.5 Å². The molecule has 0 saturated carbocycles. The Morgan fingerprint density at radius 2 is 2.14 bits per heavy atom. The molecule has 21 heavy (non-hydrogen) atoms. The zero-order valence-corrected chi connectivity index (χ0v) is 12.9. The van der Waals surface area contributed by atoms with Crippen LogP contribution in [0.25, 0.3) is 0 Å². The Morgan fingerprint density at radius 1 is 1.33 bits per heavy atom. The van der Waals surface area contributed by atoms with Crippen molar-refractivity contribution in [3.05, 3.63) is 35.6 Å². The van der Waals surface area contributed by atoms with Crippen LogP contribution in [-0.2, 0) is 6.54 Å². The Kier molecular flexibility index (Phi) is 4.29. The molecule has 2 saturated heterocycles. The lowest BCUT2D eigenvalue weighted by atomic mass is 9.83. The highest BCUT2D eigenvalue weighted by Crippen LogP contribution is 2.38. The van der Waals surface area contributed by atoms with Gasteiger partial charge in [-0.15, -0.1) is 0 Å². The van der Waals surface area contributed by atoms with Gasteiger partial charge in [-0.05, 0) is 38.9 Å². The van der Waals surface area contributed by atoms with Crippen molar-refractivity contribution < 1.29 is 4.39 Å². The summed E-state index contributed by atoms with van der Waals surface area (Å²) >= 11 is 0.